The third-order valence-corrected chi connectivity index (χ3v) is 3.88. The highest BCUT2D eigenvalue weighted by Crippen LogP contribution is 2.33. The number of hydrogen-bond acceptors (Lipinski definition) is 4. The van der Waals surface area contributed by atoms with Gasteiger partial charge in [-0.05, 0) is 38.4 Å². The number of benzene rings is 1. The molecule has 1 unspecified atom stereocenters. The van der Waals surface area contributed by atoms with E-state index in [2.05, 4.69) is 5.32 Å². The number of rotatable bonds is 8. The van der Waals surface area contributed by atoms with E-state index in [4.69, 9.17) is 10.5 Å². The molecule has 126 valence electrons. The first-order valence-electron chi connectivity index (χ1n) is 8.17. The third kappa shape index (κ3) is 4.45. The minimum Gasteiger partial charge on any atom is -0.492 e. The molecule has 1 heterocycles. The number of carbonyl (C=O) groups excluding carboxylic acids is 2. The van der Waals surface area contributed by atoms with Crippen molar-refractivity contribution in [1.82, 2.24) is 5.32 Å². The van der Waals surface area contributed by atoms with Gasteiger partial charge in [0.25, 0.3) is 0 Å². The number of unbranched alkanes of at least 4 members (excludes halogenated alkanes) is 1. The van der Waals surface area contributed by atoms with Gasteiger partial charge in [-0.25, -0.2) is 0 Å². The van der Waals surface area contributed by atoms with Crippen LogP contribution in [-0.4, -0.2) is 38.1 Å². The Morgan fingerprint density at radius 2 is 2.17 bits per heavy atom. The predicted molar refractivity (Wildman–Crippen MR) is 89.4 cm³/mol. The van der Waals surface area contributed by atoms with Crippen LogP contribution in [0.5, 0.6) is 5.75 Å². The van der Waals surface area contributed by atoms with Gasteiger partial charge in [0, 0.05) is 19.5 Å². The molecule has 0 aliphatic carbocycles. The minimum atomic E-state index is -0.310. The Kier molecular flexibility index (Phi) is 6.40. The Bertz CT molecular complexity index is 548. The summed E-state index contributed by atoms with van der Waals surface area (Å²) in [4.78, 5) is 26.1. The quantitative estimate of drug-likeness (QED) is 0.707. The van der Waals surface area contributed by atoms with Crippen molar-refractivity contribution in [3.05, 3.63) is 24.3 Å². The van der Waals surface area contributed by atoms with Crippen LogP contribution < -0.4 is 20.7 Å². The maximum absolute atomic E-state index is 12.3. The van der Waals surface area contributed by atoms with Crippen LogP contribution in [0.2, 0.25) is 0 Å². The van der Waals surface area contributed by atoms with Crippen LogP contribution in [0.4, 0.5) is 5.69 Å². The van der Waals surface area contributed by atoms with Crippen LogP contribution in [0.25, 0.3) is 0 Å². The summed E-state index contributed by atoms with van der Waals surface area (Å²) in [5, 5.41) is 2.89. The molecular weight excluding hydrogens is 294 g/mol. The van der Waals surface area contributed by atoms with E-state index in [1.807, 2.05) is 31.2 Å². The van der Waals surface area contributed by atoms with Gasteiger partial charge in [-0.15, -0.1) is 0 Å². The van der Waals surface area contributed by atoms with E-state index >= 15 is 0 Å². The molecule has 0 spiro atoms. The summed E-state index contributed by atoms with van der Waals surface area (Å²) in [6.45, 7) is 4.06. The van der Waals surface area contributed by atoms with Gasteiger partial charge in [-0.3, -0.25) is 9.59 Å². The van der Waals surface area contributed by atoms with E-state index < -0.39 is 0 Å². The second kappa shape index (κ2) is 8.53. The molecule has 6 heteroatoms. The first-order valence-corrected chi connectivity index (χ1v) is 8.17. The van der Waals surface area contributed by atoms with Crippen molar-refractivity contribution in [1.29, 1.82) is 0 Å². The first-order chi connectivity index (χ1) is 11.2. The summed E-state index contributed by atoms with van der Waals surface area (Å²) in [6, 6.07) is 7.43. The standard InChI is InChI=1S/C17H25N3O3/c1-2-23-15-8-4-3-7-14(15)20-12-13(11-16(20)21)17(22)19-10-6-5-9-18/h3-4,7-8,13H,2,5-6,9-12,18H2,1H3,(H,19,22). The molecule has 1 aliphatic rings. The third-order valence-electron chi connectivity index (χ3n) is 3.88. The zero-order valence-corrected chi connectivity index (χ0v) is 13.6. The Morgan fingerprint density at radius 3 is 2.91 bits per heavy atom. The minimum absolute atomic E-state index is 0.0424. The average molecular weight is 319 g/mol. The van der Waals surface area contributed by atoms with E-state index in [1.165, 1.54) is 0 Å². The summed E-state index contributed by atoms with van der Waals surface area (Å²) in [6.07, 6.45) is 1.99. The molecule has 2 amide bonds. The fraction of sp³-hybridized carbons (Fsp3) is 0.529. The average Bonchev–Trinajstić information content (AvgIpc) is 2.94. The lowest BCUT2D eigenvalue weighted by atomic mass is 10.1. The van der Waals surface area contributed by atoms with Crippen molar-refractivity contribution in [3.8, 4) is 5.75 Å². The Hall–Kier alpha value is -2.08. The normalized spacial score (nSPS) is 17.4. The largest absolute Gasteiger partial charge is 0.492 e. The molecule has 1 fully saturated rings. The highest BCUT2D eigenvalue weighted by atomic mass is 16.5. The number of nitrogens with one attached hydrogen (secondary N) is 1. The summed E-state index contributed by atoms with van der Waals surface area (Å²) in [5.74, 6) is 0.258. The SMILES string of the molecule is CCOc1ccccc1N1CC(C(=O)NCCCCN)CC1=O. The molecule has 0 radical (unpaired) electrons. The first kappa shape index (κ1) is 17.3. The van der Waals surface area contributed by atoms with Crippen molar-refractivity contribution < 1.29 is 14.3 Å². The number of para-hydroxylation sites is 2. The number of anilines is 1. The molecule has 1 atom stereocenters. The summed E-state index contributed by atoms with van der Waals surface area (Å²) < 4.78 is 5.58. The number of nitrogens with two attached hydrogens (primary N) is 1. The van der Waals surface area contributed by atoms with Crippen LogP contribution in [0.3, 0.4) is 0 Å². The van der Waals surface area contributed by atoms with Gasteiger partial charge in [0.15, 0.2) is 0 Å². The molecule has 1 aliphatic heterocycles. The van der Waals surface area contributed by atoms with E-state index in [-0.39, 0.29) is 24.2 Å². The number of ether oxygens (including phenoxy) is 1. The fourth-order valence-electron chi connectivity index (χ4n) is 2.70. The predicted octanol–water partition coefficient (Wildman–Crippen LogP) is 1.29. The molecule has 6 nitrogen and oxygen atoms in total. The molecule has 0 saturated carbocycles. The van der Waals surface area contributed by atoms with E-state index in [0.717, 1.165) is 18.5 Å². The van der Waals surface area contributed by atoms with Gasteiger partial charge in [0.2, 0.25) is 11.8 Å². The van der Waals surface area contributed by atoms with Gasteiger partial charge in [0.05, 0.1) is 18.2 Å². The number of nitrogens with zero attached hydrogens (tertiary/aromatic N) is 1. The molecule has 3 N–H and O–H groups in total. The molecule has 0 aromatic heterocycles. The number of amides is 2. The maximum atomic E-state index is 12.3. The molecule has 23 heavy (non-hydrogen) atoms. The van der Waals surface area contributed by atoms with Crippen LogP contribution in [0.15, 0.2) is 24.3 Å². The topological polar surface area (TPSA) is 84.7 Å². The Labute approximate surface area is 137 Å². The van der Waals surface area contributed by atoms with E-state index in [1.54, 1.807) is 4.90 Å². The van der Waals surface area contributed by atoms with Crippen molar-refractivity contribution in [2.45, 2.75) is 26.2 Å². The molecule has 1 aromatic rings. The summed E-state index contributed by atoms with van der Waals surface area (Å²) in [7, 11) is 0. The molecular formula is C17H25N3O3. The number of hydrogen-bond donors (Lipinski definition) is 2. The van der Waals surface area contributed by atoms with Crippen molar-refractivity contribution in [2.75, 3.05) is 31.1 Å². The second-order valence-electron chi connectivity index (χ2n) is 5.59. The fourth-order valence-corrected chi connectivity index (χ4v) is 2.70. The molecule has 1 saturated heterocycles. The second-order valence-corrected chi connectivity index (χ2v) is 5.59. The molecule has 0 bridgehead atoms. The van der Waals surface area contributed by atoms with Crippen LogP contribution in [0, 0.1) is 5.92 Å². The van der Waals surface area contributed by atoms with Gasteiger partial charge in [-0.1, -0.05) is 12.1 Å². The lowest BCUT2D eigenvalue weighted by Gasteiger charge is -2.20. The van der Waals surface area contributed by atoms with Crippen molar-refractivity contribution >= 4 is 17.5 Å². The van der Waals surface area contributed by atoms with Crippen LogP contribution in [0.1, 0.15) is 26.2 Å². The maximum Gasteiger partial charge on any atom is 0.227 e. The van der Waals surface area contributed by atoms with Gasteiger partial charge < -0.3 is 20.7 Å². The smallest absolute Gasteiger partial charge is 0.227 e. The van der Waals surface area contributed by atoms with Gasteiger partial charge >= 0.3 is 0 Å². The summed E-state index contributed by atoms with van der Waals surface area (Å²) >= 11 is 0. The zero-order valence-electron chi connectivity index (χ0n) is 13.6. The number of carbonyl (C=O) groups is 2. The van der Waals surface area contributed by atoms with Crippen molar-refractivity contribution in [2.24, 2.45) is 11.7 Å². The van der Waals surface area contributed by atoms with Crippen molar-refractivity contribution in [3.63, 3.8) is 0 Å². The zero-order chi connectivity index (χ0) is 16.7. The van der Waals surface area contributed by atoms with E-state index in [0.29, 0.717) is 32.0 Å². The lowest BCUT2D eigenvalue weighted by Crippen LogP contribution is -2.33. The Balaban J connectivity index is 1.98. The highest BCUT2D eigenvalue weighted by Gasteiger charge is 2.36. The van der Waals surface area contributed by atoms with Gasteiger partial charge in [0.1, 0.15) is 5.75 Å². The van der Waals surface area contributed by atoms with Crippen LogP contribution >= 0.6 is 0 Å². The van der Waals surface area contributed by atoms with Crippen LogP contribution in [-0.2, 0) is 9.59 Å². The lowest BCUT2D eigenvalue weighted by molar-refractivity contribution is -0.126. The van der Waals surface area contributed by atoms with E-state index in [9.17, 15) is 9.59 Å². The Morgan fingerprint density at radius 1 is 1.39 bits per heavy atom. The highest BCUT2D eigenvalue weighted by molar-refractivity contribution is 6.01. The van der Waals surface area contributed by atoms with Gasteiger partial charge in [-0.2, -0.15) is 0 Å². The molecule has 2 rings (SSSR count). The summed E-state index contributed by atoms with van der Waals surface area (Å²) in [5.41, 5.74) is 6.17. The molecule has 1 aromatic carbocycles. The monoisotopic (exact) mass is 319 g/mol.